The summed E-state index contributed by atoms with van der Waals surface area (Å²) in [4.78, 5) is 5.44. The Morgan fingerprint density at radius 1 is 1.35 bits per heavy atom. The Labute approximate surface area is 103 Å². The van der Waals surface area contributed by atoms with Crippen molar-refractivity contribution in [2.75, 3.05) is 6.61 Å². The molecule has 0 bridgehead atoms. The van der Waals surface area contributed by atoms with Crippen molar-refractivity contribution in [1.82, 2.24) is 0 Å². The minimum atomic E-state index is 0.321. The number of hydrogen-bond donors (Lipinski definition) is 0. The fourth-order valence-corrected chi connectivity index (χ4v) is 5.78. The summed E-state index contributed by atoms with van der Waals surface area (Å²) in [5, 5.41) is 4.48. The predicted octanol–water partition coefficient (Wildman–Crippen LogP) is 3.54. The van der Waals surface area contributed by atoms with E-state index in [-0.39, 0.29) is 0 Å². The van der Waals surface area contributed by atoms with E-state index in [0.29, 0.717) is 22.2 Å². The Hall–Kier alpha value is -0.790. The lowest BCUT2D eigenvalue weighted by Crippen LogP contribution is -2.26. The van der Waals surface area contributed by atoms with Crippen LogP contribution < -0.4 is 0 Å². The molecule has 0 amide bonds. The average molecular weight is 231 g/mol. The summed E-state index contributed by atoms with van der Waals surface area (Å²) in [7, 11) is 0. The van der Waals surface area contributed by atoms with Crippen LogP contribution in [0.25, 0.3) is 0 Å². The zero-order valence-corrected chi connectivity index (χ0v) is 11.0. The Balaban J connectivity index is 1.93. The highest BCUT2D eigenvalue weighted by molar-refractivity contribution is 6.00. The molecule has 0 saturated heterocycles. The zero-order chi connectivity index (χ0) is 11.9. The summed E-state index contributed by atoms with van der Waals surface area (Å²) in [6.07, 6.45) is 7.64. The van der Waals surface area contributed by atoms with Gasteiger partial charge in [0.1, 0.15) is 6.61 Å². The van der Waals surface area contributed by atoms with Gasteiger partial charge in [-0.3, -0.25) is 0 Å². The molecule has 92 valence electrons. The van der Waals surface area contributed by atoms with Crippen molar-refractivity contribution in [1.29, 1.82) is 0 Å². The number of fused-ring (bicyclic) bond motifs is 1. The highest BCUT2D eigenvalue weighted by atomic mass is 16.6. The fourth-order valence-electron chi connectivity index (χ4n) is 5.78. The van der Waals surface area contributed by atoms with Gasteiger partial charge in [0.2, 0.25) is 0 Å². The van der Waals surface area contributed by atoms with E-state index < -0.39 is 0 Å². The molecule has 0 radical (unpaired) electrons. The topological polar surface area (TPSA) is 21.6 Å². The lowest BCUT2D eigenvalue weighted by atomic mass is 9.81. The number of allylic oxidation sites excluding steroid dienone is 2. The summed E-state index contributed by atoms with van der Waals surface area (Å²) < 4.78 is 0. The van der Waals surface area contributed by atoms with Crippen LogP contribution in [0.15, 0.2) is 16.8 Å². The molecule has 2 heteroatoms. The summed E-state index contributed by atoms with van der Waals surface area (Å²) in [6.45, 7) is 8.08. The third-order valence-corrected chi connectivity index (χ3v) is 6.55. The molecule has 2 saturated carbocycles. The SMILES string of the molecule is CC1=CC[C@@]23C4=NOCC4CCC[C@@]12C3(C)C. The molecule has 0 aromatic heterocycles. The first-order valence-electron chi connectivity index (χ1n) is 6.95. The number of oxime groups is 1. The predicted molar refractivity (Wildman–Crippen MR) is 67.7 cm³/mol. The maximum atomic E-state index is 5.44. The van der Waals surface area contributed by atoms with Crippen LogP contribution >= 0.6 is 0 Å². The molecule has 0 aromatic rings. The van der Waals surface area contributed by atoms with Gasteiger partial charge in [-0.05, 0) is 31.6 Å². The Morgan fingerprint density at radius 3 is 3.00 bits per heavy atom. The van der Waals surface area contributed by atoms with Crippen molar-refractivity contribution >= 4 is 5.71 Å². The van der Waals surface area contributed by atoms with Gasteiger partial charge >= 0.3 is 0 Å². The van der Waals surface area contributed by atoms with Crippen LogP contribution in [-0.2, 0) is 4.84 Å². The molecule has 0 N–H and O–H groups in total. The van der Waals surface area contributed by atoms with Crippen LogP contribution in [0.2, 0.25) is 0 Å². The van der Waals surface area contributed by atoms with E-state index in [1.54, 1.807) is 5.57 Å². The molecule has 17 heavy (non-hydrogen) atoms. The molecule has 0 spiro atoms. The van der Waals surface area contributed by atoms with Crippen LogP contribution in [-0.4, -0.2) is 12.3 Å². The fraction of sp³-hybridized carbons (Fsp3) is 0.800. The first kappa shape index (κ1) is 10.2. The van der Waals surface area contributed by atoms with Crippen LogP contribution in [0.5, 0.6) is 0 Å². The second-order valence-corrected chi connectivity index (χ2v) is 6.89. The van der Waals surface area contributed by atoms with Gasteiger partial charge in [0.15, 0.2) is 0 Å². The van der Waals surface area contributed by atoms with Gasteiger partial charge in [-0.2, -0.15) is 0 Å². The quantitative estimate of drug-likeness (QED) is 0.584. The minimum Gasteiger partial charge on any atom is -0.395 e. The standard InChI is InChI=1S/C15H21NO/c1-10-6-8-15-12-11(9-17-16-12)5-4-7-14(10,15)13(15,2)3/h6,11H,4-5,7-9H2,1-3H3/t11?,14-,15-/m0/s1. The average Bonchev–Trinajstić information content (AvgIpc) is 2.64. The van der Waals surface area contributed by atoms with E-state index in [1.165, 1.54) is 31.4 Å². The van der Waals surface area contributed by atoms with Gasteiger partial charge in [0.25, 0.3) is 0 Å². The molecule has 1 heterocycles. The molecule has 0 aromatic carbocycles. The van der Waals surface area contributed by atoms with Crippen molar-refractivity contribution in [2.45, 2.75) is 46.5 Å². The summed E-state index contributed by atoms with van der Waals surface area (Å²) in [5.74, 6) is 0.609. The smallest absolute Gasteiger partial charge is 0.125 e. The van der Waals surface area contributed by atoms with Crippen LogP contribution in [0, 0.1) is 22.2 Å². The van der Waals surface area contributed by atoms with E-state index in [9.17, 15) is 0 Å². The first-order valence-corrected chi connectivity index (χ1v) is 6.95. The van der Waals surface area contributed by atoms with E-state index >= 15 is 0 Å². The van der Waals surface area contributed by atoms with Gasteiger partial charge in [0.05, 0.1) is 5.71 Å². The molecule has 3 atom stereocenters. The van der Waals surface area contributed by atoms with Gasteiger partial charge < -0.3 is 4.84 Å². The highest BCUT2D eigenvalue weighted by Gasteiger charge is 2.86. The molecule has 1 aliphatic heterocycles. The third kappa shape index (κ3) is 0.757. The Morgan fingerprint density at radius 2 is 2.18 bits per heavy atom. The van der Waals surface area contributed by atoms with E-state index in [1.807, 2.05) is 0 Å². The van der Waals surface area contributed by atoms with Crippen molar-refractivity contribution in [2.24, 2.45) is 27.3 Å². The molecule has 1 unspecified atom stereocenters. The molecular formula is C15H21NO. The van der Waals surface area contributed by atoms with Crippen LogP contribution in [0.1, 0.15) is 46.5 Å². The van der Waals surface area contributed by atoms with E-state index in [4.69, 9.17) is 4.84 Å². The lowest BCUT2D eigenvalue weighted by molar-refractivity contribution is 0.151. The number of nitrogens with zero attached hydrogens (tertiary/aromatic N) is 1. The minimum absolute atomic E-state index is 0.321. The normalized spacial score (nSPS) is 49.2. The Bertz CT molecular complexity index is 462. The van der Waals surface area contributed by atoms with Gasteiger partial charge in [0, 0.05) is 16.7 Å². The van der Waals surface area contributed by atoms with Crippen molar-refractivity contribution in [3.63, 3.8) is 0 Å². The molecule has 3 aliphatic carbocycles. The van der Waals surface area contributed by atoms with Crippen LogP contribution in [0.3, 0.4) is 0 Å². The summed E-state index contributed by atoms with van der Waals surface area (Å²) in [6, 6.07) is 0. The van der Waals surface area contributed by atoms with Crippen molar-refractivity contribution < 1.29 is 4.84 Å². The van der Waals surface area contributed by atoms with Gasteiger partial charge in [-0.1, -0.05) is 37.1 Å². The monoisotopic (exact) mass is 231 g/mol. The largest absolute Gasteiger partial charge is 0.395 e. The van der Waals surface area contributed by atoms with Crippen molar-refractivity contribution in [3.8, 4) is 0 Å². The highest BCUT2D eigenvalue weighted by Crippen LogP contribution is 2.88. The summed E-state index contributed by atoms with van der Waals surface area (Å²) >= 11 is 0. The maximum Gasteiger partial charge on any atom is 0.125 e. The summed E-state index contributed by atoms with van der Waals surface area (Å²) in [5.41, 5.74) is 4.17. The Kier molecular flexibility index (Phi) is 1.57. The number of hydrogen-bond acceptors (Lipinski definition) is 2. The van der Waals surface area contributed by atoms with E-state index in [2.05, 4.69) is 32.0 Å². The van der Waals surface area contributed by atoms with E-state index in [0.717, 1.165) is 6.61 Å². The van der Waals surface area contributed by atoms with Gasteiger partial charge in [-0.25, -0.2) is 0 Å². The van der Waals surface area contributed by atoms with Crippen molar-refractivity contribution in [3.05, 3.63) is 11.6 Å². The second kappa shape index (κ2) is 2.62. The zero-order valence-electron chi connectivity index (χ0n) is 11.0. The third-order valence-electron chi connectivity index (χ3n) is 6.55. The molecule has 2 fully saturated rings. The molecule has 4 rings (SSSR count). The molecule has 2 nitrogen and oxygen atoms in total. The number of rotatable bonds is 0. The second-order valence-electron chi connectivity index (χ2n) is 6.89. The molecule has 4 aliphatic rings. The lowest BCUT2D eigenvalue weighted by Gasteiger charge is -2.21. The maximum absolute atomic E-state index is 5.44. The molecular weight excluding hydrogens is 210 g/mol. The van der Waals surface area contributed by atoms with Gasteiger partial charge in [-0.15, -0.1) is 0 Å². The van der Waals surface area contributed by atoms with Crippen LogP contribution in [0.4, 0.5) is 0 Å². The first-order chi connectivity index (χ1) is 8.08.